The van der Waals surface area contributed by atoms with Gasteiger partial charge in [-0.3, -0.25) is 0 Å². The first-order valence-electron chi connectivity index (χ1n) is 5.81. The molecule has 13 heavy (non-hydrogen) atoms. The molecule has 2 heteroatoms. The summed E-state index contributed by atoms with van der Waals surface area (Å²) in [5.41, 5.74) is 0. The van der Waals surface area contributed by atoms with Crippen LogP contribution in [0.3, 0.4) is 0 Å². The highest BCUT2D eigenvalue weighted by Crippen LogP contribution is 2.18. The first-order chi connectivity index (χ1) is 6.20. The molecule has 0 aromatic heterocycles. The maximum absolute atomic E-state index is 5.77. The average Bonchev–Trinajstić information content (AvgIpc) is 2.15. The Morgan fingerprint density at radius 1 is 1.31 bits per heavy atom. The second-order valence-electron chi connectivity index (χ2n) is 4.79. The van der Waals surface area contributed by atoms with Crippen molar-refractivity contribution in [2.24, 2.45) is 11.8 Å². The zero-order chi connectivity index (χ0) is 9.68. The lowest BCUT2D eigenvalue weighted by Gasteiger charge is -2.23. The van der Waals surface area contributed by atoms with Crippen molar-refractivity contribution in [3.63, 3.8) is 0 Å². The summed E-state index contributed by atoms with van der Waals surface area (Å²) < 4.78 is 5.77. The van der Waals surface area contributed by atoms with Gasteiger partial charge in [0.15, 0.2) is 0 Å². The molecule has 1 aliphatic rings. The van der Waals surface area contributed by atoms with Gasteiger partial charge in [0, 0.05) is 11.6 Å². The Morgan fingerprint density at radius 2 is 2.08 bits per heavy atom. The van der Waals surface area contributed by atoms with Gasteiger partial charge in [0.1, 0.15) is 0 Å². The van der Waals surface area contributed by atoms with E-state index in [1.807, 2.05) is 0 Å². The Labute approximate surface area is 89.0 Å². The van der Waals surface area contributed by atoms with Crippen molar-refractivity contribution in [1.82, 2.24) is 0 Å². The van der Waals surface area contributed by atoms with Crippen LogP contribution in [0.4, 0.5) is 0 Å². The quantitative estimate of drug-likeness (QED) is 0.631. The molecule has 0 N–H and O–H groups in total. The molecule has 76 valence electrons. The SMILES string of the molecule is CC(C)C(C)[CH2][AlH][CH]1CCCCO1. The van der Waals surface area contributed by atoms with Gasteiger partial charge in [-0.2, -0.15) is 0 Å². The first-order valence-corrected chi connectivity index (χ1v) is 7.63. The molecular weight excluding hydrogens is 175 g/mol. The standard InChI is InChI=1S/C6H13.C5H9O.Al.H/c1-5(2)6(3)4;1-2-4-6-5-3-1;;/h5-6H,1H2,2-4H3;4H,1-3,5H2;;. The normalized spacial score (nSPS) is 26.0. The Kier molecular flexibility index (Phi) is 5.40. The molecule has 1 heterocycles. The Bertz CT molecular complexity index is 130. The topological polar surface area (TPSA) is 9.23 Å². The molecule has 1 aliphatic heterocycles. The maximum Gasteiger partial charge on any atom is 0.282 e. The summed E-state index contributed by atoms with van der Waals surface area (Å²) in [6.07, 6.45) is 4.06. The minimum atomic E-state index is 0.0531. The molecule has 0 aromatic rings. The minimum Gasteiger partial charge on any atom is -0.394 e. The summed E-state index contributed by atoms with van der Waals surface area (Å²) in [5.74, 6) is 1.77. The van der Waals surface area contributed by atoms with E-state index < -0.39 is 0 Å². The second-order valence-corrected chi connectivity index (χ2v) is 6.85. The number of hydrogen-bond donors (Lipinski definition) is 0. The van der Waals surface area contributed by atoms with E-state index in [0.717, 1.165) is 23.4 Å². The van der Waals surface area contributed by atoms with Crippen LogP contribution >= 0.6 is 0 Å². The third kappa shape index (κ3) is 4.49. The Balaban J connectivity index is 2.10. The van der Waals surface area contributed by atoms with E-state index in [0.29, 0.717) is 0 Å². The van der Waals surface area contributed by atoms with Crippen LogP contribution in [0.25, 0.3) is 0 Å². The van der Waals surface area contributed by atoms with E-state index in [4.69, 9.17) is 4.74 Å². The number of hydrogen-bond acceptors (Lipinski definition) is 1. The summed E-state index contributed by atoms with van der Waals surface area (Å²) in [5, 5.41) is 1.47. The van der Waals surface area contributed by atoms with Gasteiger partial charge in [0.05, 0.1) is 0 Å². The lowest BCUT2D eigenvalue weighted by Crippen LogP contribution is -2.27. The van der Waals surface area contributed by atoms with Crippen LogP contribution < -0.4 is 0 Å². The van der Waals surface area contributed by atoms with E-state index in [1.54, 1.807) is 0 Å². The summed E-state index contributed by atoms with van der Waals surface area (Å²) in [6, 6.07) is 0. The number of ether oxygens (including phenoxy) is 1. The molecule has 0 aliphatic carbocycles. The summed E-state index contributed by atoms with van der Waals surface area (Å²) >= 11 is 0.0531. The van der Waals surface area contributed by atoms with Gasteiger partial charge in [-0.15, -0.1) is 0 Å². The van der Waals surface area contributed by atoms with Crippen molar-refractivity contribution in [1.29, 1.82) is 0 Å². The van der Waals surface area contributed by atoms with Gasteiger partial charge in [-0.1, -0.05) is 32.0 Å². The molecule has 0 aromatic carbocycles. The van der Waals surface area contributed by atoms with Crippen LogP contribution in [0.1, 0.15) is 40.0 Å². The van der Waals surface area contributed by atoms with E-state index in [9.17, 15) is 0 Å². The highest BCUT2D eigenvalue weighted by atomic mass is 27.1. The summed E-state index contributed by atoms with van der Waals surface area (Å²) in [7, 11) is 0. The highest BCUT2D eigenvalue weighted by molar-refractivity contribution is 6.37. The summed E-state index contributed by atoms with van der Waals surface area (Å²) in [4.78, 5) is 0.718. The zero-order valence-electron chi connectivity index (χ0n) is 9.38. The lowest BCUT2D eigenvalue weighted by atomic mass is 10.0. The van der Waals surface area contributed by atoms with Crippen molar-refractivity contribution >= 4 is 15.2 Å². The van der Waals surface area contributed by atoms with Crippen LogP contribution in [0.5, 0.6) is 0 Å². The molecular formula is C11H23AlO. The van der Waals surface area contributed by atoms with Gasteiger partial charge in [-0.25, -0.2) is 0 Å². The third-order valence-corrected chi connectivity index (χ3v) is 5.89. The predicted octanol–water partition coefficient (Wildman–Crippen LogP) is 2.66. The molecule has 2 atom stereocenters. The maximum atomic E-state index is 5.77. The van der Waals surface area contributed by atoms with Crippen LogP contribution in [0.15, 0.2) is 0 Å². The van der Waals surface area contributed by atoms with Gasteiger partial charge >= 0.3 is 0 Å². The van der Waals surface area contributed by atoms with Gasteiger partial charge in [0.2, 0.25) is 0 Å². The molecule has 0 bridgehead atoms. The van der Waals surface area contributed by atoms with Gasteiger partial charge in [-0.05, 0) is 25.2 Å². The van der Waals surface area contributed by atoms with Crippen LogP contribution in [-0.4, -0.2) is 26.8 Å². The second kappa shape index (κ2) is 6.07. The molecule has 1 rings (SSSR count). The van der Waals surface area contributed by atoms with Crippen LogP contribution in [-0.2, 0) is 4.74 Å². The smallest absolute Gasteiger partial charge is 0.282 e. The monoisotopic (exact) mass is 198 g/mol. The fourth-order valence-electron chi connectivity index (χ4n) is 1.82. The van der Waals surface area contributed by atoms with Crippen molar-refractivity contribution in [2.45, 2.75) is 50.3 Å². The summed E-state index contributed by atoms with van der Waals surface area (Å²) in [6.45, 7) is 8.09. The molecule has 1 saturated heterocycles. The predicted molar refractivity (Wildman–Crippen MR) is 59.5 cm³/mol. The lowest BCUT2D eigenvalue weighted by molar-refractivity contribution is 0.0646. The van der Waals surface area contributed by atoms with Crippen molar-refractivity contribution in [2.75, 3.05) is 6.61 Å². The average molecular weight is 198 g/mol. The van der Waals surface area contributed by atoms with E-state index in [-0.39, 0.29) is 15.2 Å². The van der Waals surface area contributed by atoms with Crippen LogP contribution in [0, 0.1) is 11.8 Å². The van der Waals surface area contributed by atoms with Crippen molar-refractivity contribution in [3.05, 3.63) is 0 Å². The zero-order valence-corrected chi connectivity index (χ0v) is 10.8. The molecule has 0 saturated carbocycles. The van der Waals surface area contributed by atoms with E-state index in [2.05, 4.69) is 20.8 Å². The Hall–Kier alpha value is 0.492. The molecule has 2 unspecified atom stereocenters. The van der Waals surface area contributed by atoms with Crippen LogP contribution in [0.2, 0.25) is 5.28 Å². The van der Waals surface area contributed by atoms with Gasteiger partial charge < -0.3 is 4.74 Å². The molecule has 0 amide bonds. The largest absolute Gasteiger partial charge is 0.394 e. The van der Waals surface area contributed by atoms with E-state index in [1.165, 1.54) is 24.5 Å². The molecule has 0 spiro atoms. The van der Waals surface area contributed by atoms with E-state index >= 15 is 0 Å². The first kappa shape index (κ1) is 11.6. The Morgan fingerprint density at radius 3 is 2.62 bits per heavy atom. The van der Waals surface area contributed by atoms with Gasteiger partial charge in [0.25, 0.3) is 15.2 Å². The fraction of sp³-hybridized carbons (Fsp3) is 1.00. The minimum absolute atomic E-state index is 0.0531. The molecule has 1 fully saturated rings. The molecule has 1 nitrogen and oxygen atoms in total. The molecule has 0 radical (unpaired) electrons. The van der Waals surface area contributed by atoms with Crippen molar-refractivity contribution in [3.8, 4) is 0 Å². The fourth-order valence-corrected chi connectivity index (χ4v) is 4.29. The third-order valence-electron chi connectivity index (χ3n) is 3.36. The highest BCUT2D eigenvalue weighted by Gasteiger charge is 2.18. The number of rotatable bonds is 4. The van der Waals surface area contributed by atoms with Crippen molar-refractivity contribution < 1.29 is 4.74 Å².